The molecule has 0 amide bonds. The molecule has 0 aromatic heterocycles. The number of benzene rings is 1. The molecule has 0 saturated carbocycles. The molecule has 29 heavy (non-hydrogen) atoms. The molecule has 6 nitrogen and oxygen atoms in total. The van der Waals surface area contributed by atoms with Crippen LogP contribution in [0.1, 0.15) is 84.3 Å². The number of nitrogens with one attached hydrogen (secondary N) is 1. The van der Waals surface area contributed by atoms with Crippen LogP contribution in [0.5, 0.6) is 0 Å². The minimum Gasteiger partial charge on any atom is -0.469 e. The molecule has 0 aliphatic rings. The van der Waals surface area contributed by atoms with Gasteiger partial charge in [0.2, 0.25) is 0 Å². The molecule has 0 aliphatic heterocycles. The summed E-state index contributed by atoms with van der Waals surface area (Å²) in [7, 11) is 1.82. The summed E-state index contributed by atoms with van der Waals surface area (Å²) in [6.07, 6.45) is 0. The molecule has 0 spiro atoms. The van der Waals surface area contributed by atoms with Gasteiger partial charge in [-0.1, -0.05) is 78.4 Å². The number of carbonyl (C=O) groups excluding carboxylic acids is 2. The third-order valence-corrected chi connectivity index (χ3v) is 3.83. The predicted octanol–water partition coefficient (Wildman–Crippen LogP) is 3.74. The van der Waals surface area contributed by atoms with E-state index in [-0.39, 0.29) is 0 Å². The van der Waals surface area contributed by atoms with E-state index in [1.165, 1.54) is 0 Å². The Morgan fingerprint density at radius 1 is 1.00 bits per heavy atom. The second-order valence-electron chi connectivity index (χ2n) is 6.13. The van der Waals surface area contributed by atoms with Gasteiger partial charge in [-0.05, 0) is 16.4 Å². The Kier molecular flexibility index (Phi) is 3.90. The molecule has 166 valence electrons. The van der Waals surface area contributed by atoms with Crippen molar-refractivity contribution in [2.75, 3.05) is 20.8 Å². The maximum atomic E-state index is 12.5. The van der Waals surface area contributed by atoms with E-state index in [9.17, 15) is 14.7 Å². The Bertz CT molecular complexity index is 1100. The van der Waals surface area contributed by atoms with E-state index in [4.69, 9.17) is 24.7 Å². The van der Waals surface area contributed by atoms with Crippen molar-refractivity contribution >= 4 is 11.9 Å². The standard InChI is InChI=1S/C15H23NO3.C8H16O2/c1-15(2,3)13(14(18)19-4)16-12(10-17)11-8-6-5-7-9-11;1-6(7(9)10-5)8(2,3)4/h5-9,12-13,16-17H,10H2,1-4H3;6H,1-5H3/t12-,13+;6-/m01/s1/i1D3,2D3,3D3;2D3,3D3,4D3. The maximum absolute atomic E-state index is 12.5. The summed E-state index contributed by atoms with van der Waals surface area (Å²) in [4.78, 5) is 24.0. The van der Waals surface area contributed by atoms with Crippen molar-refractivity contribution in [3.05, 3.63) is 35.9 Å². The number of aliphatic hydroxyl groups is 1. The van der Waals surface area contributed by atoms with Crippen LogP contribution in [0.2, 0.25) is 0 Å². The lowest BCUT2D eigenvalue weighted by Gasteiger charge is -2.32. The van der Waals surface area contributed by atoms with Gasteiger partial charge in [-0.3, -0.25) is 14.9 Å². The highest BCUT2D eigenvalue weighted by Crippen LogP contribution is 2.26. The third kappa shape index (κ3) is 9.41. The van der Waals surface area contributed by atoms with Crippen LogP contribution in [0.15, 0.2) is 30.3 Å². The van der Waals surface area contributed by atoms with E-state index in [2.05, 4.69) is 14.8 Å². The fraction of sp³-hybridized carbons (Fsp3) is 0.652. The van der Waals surface area contributed by atoms with Gasteiger partial charge in [-0.25, -0.2) is 0 Å². The van der Waals surface area contributed by atoms with Crippen molar-refractivity contribution in [3.63, 3.8) is 0 Å². The molecular formula is C23H39NO5. The van der Waals surface area contributed by atoms with Gasteiger partial charge in [-0.2, -0.15) is 0 Å². The monoisotopic (exact) mass is 427 g/mol. The first kappa shape index (κ1) is 9.48. The predicted molar refractivity (Wildman–Crippen MR) is 115 cm³/mol. The average molecular weight is 428 g/mol. The number of methoxy groups -OCH3 is 2. The van der Waals surface area contributed by atoms with Crippen LogP contribution in [-0.4, -0.2) is 43.9 Å². The lowest BCUT2D eigenvalue weighted by molar-refractivity contribution is -0.148. The quantitative estimate of drug-likeness (QED) is 0.673. The Morgan fingerprint density at radius 3 is 1.93 bits per heavy atom. The average Bonchev–Trinajstić information content (AvgIpc) is 2.86. The number of esters is 2. The van der Waals surface area contributed by atoms with Crippen molar-refractivity contribution in [1.29, 1.82) is 0 Å². The zero-order valence-corrected chi connectivity index (χ0v) is 16.4. The third-order valence-electron chi connectivity index (χ3n) is 3.83. The largest absolute Gasteiger partial charge is 0.469 e. The van der Waals surface area contributed by atoms with Gasteiger partial charge in [0.15, 0.2) is 0 Å². The number of carbonyl (C=O) groups is 2. The van der Waals surface area contributed by atoms with Crippen molar-refractivity contribution in [1.82, 2.24) is 5.32 Å². The second kappa shape index (κ2) is 11.9. The minimum absolute atomic E-state index is 0.398. The summed E-state index contributed by atoms with van der Waals surface area (Å²) in [5.74, 6) is -4.41. The molecule has 3 atom stereocenters. The Labute approximate surface area is 201 Å². The molecule has 0 fully saturated rings. The topological polar surface area (TPSA) is 84.9 Å². The Morgan fingerprint density at radius 2 is 1.52 bits per heavy atom. The van der Waals surface area contributed by atoms with Crippen LogP contribution < -0.4 is 5.32 Å². The van der Waals surface area contributed by atoms with Gasteiger partial charge in [0.25, 0.3) is 0 Å². The summed E-state index contributed by atoms with van der Waals surface area (Å²) < 4.78 is 145. The first-order valence-electron chi connectivity index (χ1n) is 17.4. The minimum atomic E-state index is -3.61. The summed E-state index contributed by atoms with van der Waals surface area (Å²) >= 11 is 0. The number of hydrogen-bond donors (Lipinski definition) is 2. The highest BCUT2D eigenvalue weighted by atomic mass is 16.5. The van der Waals surface area contributed by atoms with E-state index < -0.39 is 88.5 Å². The molecule has 0 aliphatic carbocycles. The fourth-order valence-corrected chi connectivity index (χ4v) is 1.98. The molecular weight excluding hydrogens is 370 g/mol. The first-order chi connectivity index (χ1) is 20.8. The number of aliphatic hydroxyl groups excluding tert-OH is 1. The number of rotatable bonds is 6. The summed E-state index contributed by atoms with van der Waals surface area (Å²) in [6, 6.07) is 4.58. The smallest absolute Gasteiger partial charge is 0.323 e. The zero-order valence-electron chi connectivity index (χ0n) is 34.4. The normalized spacial score (nSPS) is 26.5. The second-order valence-corrected chi connectivity index (χ2v) is 6.13. The molecule has 6 heteroatoms. The molecule has 0 radical (unpaired) electrons. The molecule has 0 heterocycles. The van der Waals surface area contributed by atoms with Crippen LogP contribution in [0, 0.1) is 16.7 Å². The van der Waals surface area contributed by atoms with Gasteiger partial charge in [0, 0.05) is 24.7 Å². The van der Waals surface area contributed by atoms with Crippen molar-refractivity contribution in [2.45, 2.75) is 60.1 Å². The van der Waals surface area contributed by atoms with E-state index in [0.717, 1.165) is 21.1 Å². The van der Waals surface area contributed by atoms with Gasteiger partial charge in [0.1, 0.15) is 6.04 Å². The Balaban J connectivity index is 0.000000974. The van der Waals surface area contributed by atoms with Gasteiger partial charge < -0.3 is 14.6 Å². The fourth-order valence-electron chi connectivity index (χ4n) is 1.98. The van der Waals surface area contributed by atoms with Crippen molar-refractivity contribution < 1.29 is 48.8 Å². The molecule has 0 unspecified atom stereocenters. The summed E-state index contributed by atoms with van der Waals surface area (Å²) in [6.45, 7) is -20.7. The van der Waals surface area contributed by atoms with Crippen LogP contribution in [0.3, 0.4) is 0 Å². The highest BCUT2D eigenvalue weighted by molar-refractivity contribution is 5.76. The highest BCUT2D eigenvalue weighted by Gasteiger charge is 2.34. The number of hydrogen-bond acceptors (Lipinski definition) is 6. The Hall–Kier alpha value is -1.92. The molecule has 1 aromatic carbocycles. The van der Waals surface area contributed by atoms with Gasteiger partial charge in [0.05, 0.1) is 32.8 Å². The number of ether oxygens (including phenoxy) is 2. The summed E-state index contributed by atoms with van der Waals surface area (Å²) in [5, 5.41) is 12.1. The first-order valence-corrected chi connectivity index (χ1v) is 8.37. The molecule has 1 rings (SSSR count). The molecule has 0 saturated heterocycles. The van der Waals surface area contributed by atoms with Crippen molar-refractivity contribution in [3.8, 4) is 0 Å². The van der Waals surface area contributed by atoms with E-state index in [1.54, 1.807) is 30.3 Å². The maximum Gasteiger partial charge on any atom is 0.323 e. The zero-order chi connectivity index (χ0) is 37.8. The van der Waals surface area contributed by atoms with E-state index in [1.807, 2.05) is 0 Å². The van der Waals surface area contributed by atoms with Crippen LogP contribution in [0.25, 0.3) is 0 Å². The molecule has 1 aromatic rings. The lowest BCUT2D eigenvalue weighted by Crippen LogP contribution is -2.49. The lowest BCUT2D eigenvalue weighted by atomic mass is 9.82. The SMILES string of the molecule is [2H]C([2H])([2H])C([C@H](C)C(=O)OC)(C([2H])([2H])[2H])C([2H])([2H])[2H].[2H]C([2H])([2H])C([C@H](N[C@@H](CO)c1ccccc1)C(=O)OC)(C([2H])([2H])[2H])C([2H])([2H])[2H]. The van der Waals surface area contributed by atoms with Crippen LogP contribution in [-0.2, 0) is 19.1 Å². The summed E-state index contributed by atoms with van der Waals surface area (Å²) in [5.41, 5.74) is -6.27. The van der Waals surface area contributed by atoms with Crippen molar-refractivity contribution in [2.24, 2.45) is 16.7 Å². The van der Waals surface area contributed by atoms with Crippen LogP contribution in [0.4, 0.5) is 0 Å². The van der Waals surface area contributed by atoms with Crippen LogP contribution >= 0.6 is 0 Å². The molecule has 0 bridgehead atoms. The van der Waals surface area contributed by atoms with E-state index >= 15 is 0 Å². The van der Waals surface area contributed by atoms with Gasteiger partial charge in [-0.15, -0.1) is 0 Å². The molecule has 2 N–H and O–H groups in total. The van der Waals surface area contributed by atoms with Gasteiger partial charge >= 0.3 is 11.9 Å². The van der Waals surface area contributed by atoms with E-state index in [0.29, 0.717) is 5.56 Å².